The number of nitrogens with one attached hydrogen (secondary N) is 1. The van der Waals surface area contributed by atoms with E-state index in [1.165, 1.54) is 0 Å². The number of ether oxygens (including phenoxy) is 2. The Balaban J connectivity index is 2.68. The van der Waals surface area contributed by atoms with E-state index in [4.69, 9.17) is 16.3 Å². The summed E-state index contributed by atoms with van der Waals surface area (Å²) in [5.74, 6) is -4.56. The lowest BCUT2D eigenvalue weighted by atomic mass is 10.2. The number of halogens is 4. The van der Waals surface area contributed by atoms with E-state index in [-0.39, 0.29) is 0 Å². The summed E-state index contributed by atoms with van der Waals surface area (Å²) >= 11 is 5.13. The molecule has 0 aromatic heterocycles. The Bertz CT molecular complexity index is 394. The van der Waals surface area contributed by atoms with E-state index in [9.17, 15) is 22.8 Å². The van der Waals surface area contributed by atoms with E-state index in [1.54, 1.807) is 20.8 Å². The van der Waals surface area contributed by atoms with Gasteiger partial charge in [-0.15, -0.1) is 0 Å². The highest BCUT2D eigenvalue weighted by molar-refractivity contribution is 6.17. The first kappa shape index (κ1) is 16.9. The van der Waals surface area contributed by atoms with Crippen LogP contribution in [-0.2, 0) is 14.3 Å². The predicted octanol–water partition coefficient (Wildman–Crippen LogP) is 2.43. The molecule has 0 aromatic carbocycles. The lowest BCUT2D eigenvalue weighted by Gasteiger charge is -2.19. The zero-order valence-electron chi connectivity index (χ0n) is 11.1. The van der Waals surface area contributed by atoms with Gasteiger partial charge in [-0.25, -0.2) is 4.79 Å². The van der Waals surface area contributed by atoms with E-state index in [1.807, 2.05) is 5.32 Å². The number of carbonyl (C=O) groups is 2. The maximum atomic E-state index is 12.7. The van der Waals surface area contributed by atoms with Crippen LogP contribution in [-0.4, -0.2) is 35.9 Å². The molecule has 3 unspecified atom stereocenters. The second kappa shape index (κ2) is 5.67. The van der Waals surface area contributed by atoms with Gasteiger partial charge in [0.25, 0.3) is 0 Å². The highest BCUT2D eigenvalue weighted by atomic mass is 35.5. The first-order chi connectivity index (χ1) is 8.97. The number of rotatable bonds is 3. The number of hydrogen-bond donors (Lipinski definition) is 1. The normalized spacial score (nSPS) is 25.9. The van der Waals surface area contributed by atoms with Crippen LogP contribution in [0.4, 0.5) is 18.0 Å². The molecule has 20 heavy (non-hydrogen) atoms. The van der Waals surface area contributed by atoms with Crippen molar-refractivity contribution in [2.24, 2.45) is 11.8 Å². The molecule has 3 atom stereocenters. The van der Waals surface area contributed by atoms with Crippen molar-refractivity contribution in [1.29, 1.82) is 0 Å². The molecule has 1 saturated carbocycles. The van der Waals surface area contributed by atoms with Crippen LogP contribution in [0, 0.1) is 11.8 Å². The van der Waals surface area contributed by atoms with Crippen LogP contribution in [0.5, 0.6) is 0 Å². The molecule has 1 aliphatic rings. The molecule has 1 fully saturated rings. The SMILES string of the molecule is CC(C)(C)OC(=O)NC1C(C(=O)OCCl)C1C(F)(F)F. The van der Waals surface area contributed by atoms with Crippen LogP contribution in [0.3, 0.4) is 0 Å². The van der Waals surface area contributed by atoms with Crippen LogP contribution in [0.15, 0.2) is 0 Å². The lowest BCUT2D eigenvalue weighted by Crippen LogP contribution is -2.36. The molecular weight excluding hydrogens is 303 g/mol. The summed E-state index contributed by atoms with van der Waals surface area (Å²) in [4.78, 5) is 22.8. The van der Waals surface area contributed by atoms with Crippen LogP contribution in [0.1, 0.15) is 20.8 Å². The molecule has 0 spiro atoms. The van der Waals surface area contributed by atoms with Gasteiger partial charge in [0.1, 0.15) is 5.60 Å². The van der Waals surface area contributed by atoms with E-state index < -0.39 is 47.8 Å². The van der Waals surface area contributed by atoms with Crippen LogP contribution >= 0.6 is 11.6 Å². The van der Waals surface area contributed by atoms with E-state index in [2.05, 4.69) is 4.74 Å². The van der Waals surface area contributed by atoms with E-state index in [0.29, 0.717) is 0 Å². The van der Waals surface area contributed by atoms with Crippen molar-refractivity contribution in [2.75, 3.05) is 6.07 Å². The topological polar surface area (TPSA) is 64.6 Å². The number of carbonyl (C=O) groups excluding carboxylic acids is 2. The molecule has 0 radical (unpaired) electrons. The number of alkyl carbamates (subject to hydrolysis) is 1. The molecule has 116 valence electrons. The molecule has 0 aliphatic heterocycles. The van der Waals surface area contributed by atoms with Crippen molar-refractivity contribution in [3.63, 3.8) is 0 Å². The maximum absolute atomic E-state index is 12.7. The van der Waals surface area contributed by atoms with E-state index >= 15 is 0 Å². The highest BCUT2D eigenvalue weighted by Gasteiger charge is 2.69. The Morgan fingerprint density at radius 3 is 2.20 bits per heavy atom. The Hall–Kier alpha value is -1.18. The predicted molar refractivity (Wildman–Crippen MR) is 63.0 cm³/mol. The average Bonchev–Trinajstić information content (AvgIpc) is 2.88. The first-order valence-electron chi connectivity index (χ1n) is 5.76. The minimum atomic E-state index is -4.62. The second-order valence-electron chi connectivity index (χ2n) is 5.34. The number of hydrogen-bond acceptors (Lipinski definition) is 4. The Morgan fingerprint density at radius 1 is 1.25 bits per heavy atom. The summed E-state index contributed by atoms with van der Waals surface area (Å²) in [7, 11) is 0. The van der Waals surface area contributed by atoms with Gasteiger partial charge in [-0.05, 0) is 20.8 Å². The monoisotopic (exact) mass is 317 g/mol. The van der Waals surface area contributed by atoms with Crippen LogP contribution in [0.25, 0.3) is 0 Å². The van der Waals surface area contributed by atoms with Gasteiger partial charge in [0.05, 0.1) is 17.9 Å². The molecule has 1 aliphatic carbocycles. The first-order valence-corrected chi connectivity index (χ1v) is 6.29. The van der Waals surface area contributed by atoms with Gasteiger partial charge in [-0.1, -0.05) is 11.6 Å². The number of alkyl halides is 4. The van der Waals surface area contributed by atoms with Crippen molar-refractivity contribution in [3.8, 4) is 0 Å². The molecule has 5 nitrogen and oxygen atoms in total. The standard InChI is InChI=1S/C11H15ClF3NO4/c1-10(2,3)20-9(18)16-7-5(8(17)19-4-12)6(7)11(13,14)15/h5-7H,4H2,1-3H3,(H,16,18). The quantitative estimate of drug-likeness (QED) is 0.641. The van der Waals surface area contributed by atoms with Gasteiger partial charge >= 0.3 is 18.2 Å². The molecule has 0 aromatic rings. The molecule has 0 bridgehead atoms. The van der Waals surface area contributed by atoms with Gasteiger partial charge in [0, 0.05) is 0 Å². The second-order valence-corrected chi connectivity index (χ2v) is 5.56. The summed E-state index contributed by atoms with van der Waals surface area (Å²) in [6, 6.07) is -1.93. The summed E-state index contributed by atoms with van der Waals surface area (Å²) in [5.41, 5.74) is -0.848. The van der Waals surface area contributed by atoms with Gasteiger partial charge in [0.2, 0.25) is 0 Å². The van der Waals surface area contributed by atoms with Gasteiger partial charge in [-0.3, -0.25) is 4.79 Å². The largest absolute Gasteiger partial charge is 0.449 e. The van der Waals surface area contributed by atoms with Gasteiger partial charge in [-0.2, -0.15) is 13.2 Å². The summed E-state index contributed by atoms with van der Waals surface area (Å²) < 4.78 is 47.3. The van der Waals surface area contributed by atoms with Crippen molar-refractivity contribution < 1.29 is 32.2 Å². The van der Waals surface area contributed by atoms with Crippen molar-refractivity contribution >= 4 is 23.7 Å². The average molecular weight is 318 g/mol. The molecule has 0 saturated heterocycles. The third-order valence-corrected chi connectivity index (χ3v) is 2.66. The fourth-order valence-corrected chi connectivity index (χ4v) is 1.89. The van der Waals surface area contributed by atoms with Crippen molar-refractivity contribution in [1.82, 2.24) is 5.32 Å². The Labute approximate surface area is 118 Å². The molecule has 1 rings (SSSR count). The Kier molecular flexibility index (Phi) is 4.78. The highest BCUT2D eigenvalue weighted by Crippen LogP contribution is 2.51. The smallest absolute Gasteiger partial charge is 0.407 e. The number of amides is 1. The summed E-state index contributed by atoms with van der Waals surface area (Å²) in [6.07, 6.45) is -5.63. The zero-order valence-corrected chi connectivity index (χ0v) is 11.8. The molecule has 0 heterocycles. The fourth-order valence-electron chi connectivity index (χ4n) is 1.78. The summed E-state index contributed by atoms with van der Waals surface area (Å²) in [5, 5.41) is 2.03. The summed E-state index contributed by atoms with van der Waals surface area (Å²) in [6.45, 7) is 4.71. The van der Waals surface area contributed by atoms with E-state index in [0.717, 1.165) is 0 Å². The van der Waals surface area contributed by atoms with Gasteiger partial charge in [0.15, 0.2) is 6.07 Å². The molecular formula is C11H15ClF3NO4. The minimum Gasteiger partial charge on any atom is -0.449 e. The molecule has 9 heteroatoms. The third kappa shape index (κ3) is 4.43. The number of esters is 1. The molecule has 1 N–H and O–H groups in total. The van der Waals surface area contributed by atoms with Crippen molar-refractivity contribution in [3.05, 3.63) is 0 Å². The fraction of sp³-hybridized carbons (Fsp3) is 0.818. The van der Waals surface area contributed by atoms with Crippen LogP contribution < -0.4 is 5.32 Å². The van der Waals surface area contributed by atoms with Crippen molar-refractivity contribution in [2.45, 2.75) is 38.6 Å². The molecule has 1 amide bonds. The maximum Gasteiger partial charge on any atom is 0.407 e. The lowest BCUT2D eigenvalue weighted by molar-refractivity contribution is -0.162. The Morgan fingerprint density at radius 2 is 1.80 bits per heavy atom. The van der Waals surface area contributed by atoms with Gasteiger partial charge < -0.3 is 14.8 Å². The van der Waals surface area contributed by atoms with Crippen LogP contribution in [0.2, 0.25) is 0 Å². The minimum absolute atomic E-state index is 0.543. The zero-order chi connectivity index (χ0) is 15.7. The third-order valence-electron chi connectivity index (χ3n) is 2.55.